The third-order valence-electron chi connectivity index (χ3n) is 4.18. The summed E-state index contributed by atoms with van der Waals surface area (Å²) in [4.78, 5) is 6.19. The molecule has 0 aliphatic rings. The van der Waals surface area contributed by atoms with Gasteiger partial charge in [0.25, 0.3) is 0 Å². The molecule has 0 aliphatic carbocycles. The number of ether oxygens (including phenoxy) is 1. The number of rotatable bonds is 7. The van der Waals surface area contributed by atoms with Crippen LogP contribution in [0.5, 0.6) is 5.75 Å². The molecule has 0 heterocycles. The van der Waals surface area contributed by atoms with Crippen molar-refractivity contribution in [3.63, 3.8) is 0 Å². The number of methoxy groups -OCH3 is 1. The van der Waals surface area contributed by atoms with E-state index < -0.39 is 18.2 Å². The summed E-state index contributed by atoms with van der Waals surface area (Å²) >= 11 is 0. The number of aryl methyl sites for hydroxylation is 1. The van der Waals surface area contributed by atoms with Gasteiger partial charge in [-0.2, -0.15) is 13.2 Å². The van der Waals surface area contributed by atoms with Crippen LogP contribution in [0.15, 0.2) is 29.3 Å². The van der Waals surface area contributed by atoms with Crippen molar-refractivity contribution in [3.8, 4) is 5.75 Å². The minimum atomic E-state index is -4.88. The molecular formula is C19H27F3N2O2. The van der Waals surface area contributed by atoms with Crippen LogP contribution < -0.4 is 4.74 Å². The summed E-state index contributed by atoms with van der Waals surface area (Å²) in [7, 11) is 3.11. The van der Waals surface area contributed by atoms with Gasteiger partial charge in [0.1, 0.15) is 5.75 Å². The van der Waals surface area contributed by atoms with Crippen molar-refractivity contribution in [3.05, 3.63) is 35.4 Å². The smallest absolute Gasteiger partial charge is 0.421 e. The fraction of sp³-hybridized carbons (Fsp3) is 0.526. The van der Waals surface area contributed by atoms with Crippen LogP contribution in [-0.2, 0) is 5.60 Å². The summed E-state index contributed by atoms with van der Waals surface area (Å²) in [6.45, 7) is 10.6. The van der Waals surface area contributed by atoms with E-state index in [1.54, 1.807) is 13.3 Å². The maximum Gasteiger partial charge on any atom is 0.421 e. The average molecular weight is 372 g/mol. The number of nitrogens with zero attached hydrogens (tertiary/aromatic N) is 2. The van der Waals surface area contributed by atoms with Crippen LogP contribution in [0.1, 0.15) is 38.3 Å². The summed E-state index contributed by atoms with van der Waals surface area (Å²) in [5.74, 6) is -0.0731. The van der Waals surface area contributed by atoms with Crippen molar-refractivity contribution in [2.75, 3.05) is 14.2 Å². The largest absolute Gasteiger partial charge is 0.496 e. The first kappa shape index (κ1) is 22.0. The Balaban J connectivity index is 3.50. The molecule has 7 heteroatoms. The Bertz CT molecular complexity index is 684. The molecule has 0 saturated carbocycles. The molecule has 146 valence electrons. The van der Waals surface area contributed by atoms with Crippen molar-refractivity contribution < 1.29 is 23.0 Å². The lowest BCUT2D eigenvalue weighted by atomic mass is 9.85. The first-order valence-electron chi connectivity index (χ1n) is 8.22. The molecular weight excluding hydrogens is 345 g/mol. The van der Waals surface area contributed by atoms with Gasteiger partial charge < -0.3 is 14.7 Å². The summed E-state index contributed by atoms with van der Waals surface area (Å²) in [6.07, 6.45) is -3.92. The maximum atomic E-state index is 13.7. The third kappa shape index (κ3) is 4.78. The van der Waals surface area contributed by atoms with E-state index in [4.69, 9.17) is 4.74 Å². The summed E-state index contributed by atoms with van der Waals surface area (Å²) < 4.78 is 46.1. The molecule has 1 atom stereocenters. The van der Waals surface area contributed by atoms with E-state index in [1.807, 2.05) is 25.8 Å². The predicted molar refractivity (Wildman–Crippen MR) is 98.2 cm³/mol. The van der Waals surface area contributed by atoms with Crippen molar-refractivity contribution in [2.45, 2.75) is 51.9 Å². The highest BCUT2D eigenvalue weighted by atomic mass is 19.4. The average Bonchev–Trinajstić information content (AvgIpc) is 2.51. The molecule has 0 amide bonds. The normalized spacial score (nSPS) is 14.6. The summed E-state index contributed by atoms with van der Waals surface area (Å²) in [5.41, 5.74) is -2.24. The number of alkyl halides is 3. The van der Waals surface area contributed by atoms with Gasteiger partial charge in [-0.25, -0.2) is 4.99 Å². The zero-order valence-electron chi connectivity index (χ0n) is 16.1. The Labute approximate surface area is 153 Å². The second-order valence-corrected chi connectivity index (χ2v) is 6.83. The Hall–Kier alpha value is -2.02. The van der Waals surface area contributed by atoms with Gasteiger partial charge in [0, 0.05) is 31.1 Å². The highest BCUT2D eigenvalue weighted by molar-refractivity contribution is 5.65. The lowest BCUT2D eigenvalue weighted by Gasteiger charge is -2.32. The molecule has 1 aromatic carbocycles. The molecule has 0 bridgehead atoms. The number of aliphatic imine (C=N–C) groups is 1. The molecule has 0 spiro atoms. The molecule has 0 aliphatic heterocycles. The van der Waals surface area contributed by atoms with E-state index in [1.165, 1.54) is 26.2 Å². The Morgan fingerprint density at radius 1 is 1.38 bits per heavy atom. The second-order valence-electron chi connectivity index (χ2n) is 6.83. The van der Waals surface area contributed by atoms with Gasteiger partial charge in [-0.15, -0.1) is 6.58 Å². The van der Waals surface area contributed by atoms with Crippen molar-refractivity contribution in [1.82, 2.24) is 4.90 Å². The van der Waals surface area contributed by atoms with E-state index in [0.717, 1.165) is 0 Å². The zero-order chi connectivity index (χ0) is 20.3. The maximum absolute atomic E-state index is 13.7. The second kappa shape index (κ2) is 8.12. The van der Waals surface area contributed by atoms with Crippen LogP contribution in [0.4, 0.5) is 18.9 Å². The van der Waals surface area contributed by atoms with E-state index in [0.29, 0.717) is 11.3 Å². The van der Waals surface area contributed by atoms with Gasteiger partial charge in [-0.1, -0.05) is 5.57 Å². The SMILES string of the molecule is C=C(C)CC(O)(c1cc(C)c(N=CN(C)C(C)C)cc1OC)C(F)(F)F. The third-order valence-corrected chi connectivity index (χ3v) is 4.18. The van der Waals surface area contributed by atoms with Crippen LogP contribution in [0.2, 0.25) is 0 Å². The first-order valence-corrected chi connectivity index (χ1v) is 8.22. The number of benzene rings is 1. The van der Waals surface area contributed by atoms with Crippen LogP contribution in [0.25, 0.3) is 0 Å². The lowest BCUT2D eigenvalue weighted by molar-refractivity contribution is -0.266. The molecule has 1 unspecified atom stereocenters. The molecule has 1 N–H and O–H groups in total. The predicted octanol–water partition coefficient (Wildman–Crippen LogP) is 4.72. The van der Waals surface area contributed by atoms with Crippen LogP contribution in [0.3, 0.4) is 0 Å². The number of halogens is 3. The number of aliphatic hydroxyl groups is 1. The first-order chi connectivity index (χ1) is 11.8. The monoisotopic (exact) mass is 372 g/mol. The van der Waals surface area contributed by atoms with E-state index in [-0.39, 0.29) is 22.9 Å². The minimum Gasteiger partial charge on any atom is -0.496 e. The topological polar surface area (TPSA) is 45.1 Å². The van der Waals surface area contributed by atoms with Gasteiger partial charge in [0.15, 0.2) is 5.60 Å². The molecule has 0 radical (unpaired) electrons. The van der Waals surface area contributed by atoms with E-state index in [2.05, 4.69) is 11.6 Å². The molecule has 26 heavy (non-hydrogen) atoms. The van der Waals surface area contributed by atoms with Crippen molar-refractivity contribution in [1.29, 1.82) is 0 Å². The van der Waals surface area contributed by atoms with Gasteiger partial charge >= 0.3 is 6.18 Å². The quantitative estimate of drug-likeness (QED) is 0.428. The molecule has 0 fully saturated rings. The molecule has 1 aromatic rings. The van der Waals surface area contributed by atoms with Crippen LogP contribution >= 0.6 is 0 Å². The van der Waals surface area contributed by atoms with Crippen LogP contribution in [-0.4, -0.2) is 42.7 Å². The Morgan fingerprint density at radius 3 is 2.38 bits per heavy atom. The standard InChI is InChI=1S/C19H27F3N2O2/c1-12(2)10-18(25,19(20,21)22)15-8-14(5)16(9-17(15)26-7)23-11-24(6)13(3)4/h8-9,11,13,25H,1,10H2,2-7H3. The van der Waals surface area contributed by atoms with Crippen LogP contribution in [0, 0.1) is 6.92 Å². The lowest BCUT2D eigenvalue weighted by Crippen LogP contribution is -2.42. The highest BCUT2D eigenvalue weighted by Crippen LogP contribution is 2.47. The van der Waals surface area contributed by atoms with Gasteiger partial charge in [-0.3, -0.25) is 0 Å². The van der Waals surface area contributed by atoms with Crippen molar-refractivity contribution >= 4 is 12.0 Å². The number of hydrogen-bond acceptors (Lipinski definition) is 3. The van der Waals surface area contributed by atoms with Gasteiger partial charge in [0.2, 0.25) is 0 Å². The van der Waals surface area contributed by atoms with E-state index >= 15 is 0 Å². The van der Waals surface area contributed by atoms with E-state index in [9.17, 15) is 18.3 Å². The molecule has 0 aromatic heterocycles. The zero-order valence-corrected chi connectivity index (χ0v) is 16.1. The minimum absolute atomic E-state index is 0.0731. The highest BCUT2D eigenvalue weighted by Gasteiger charge is 2.56. The Morgan fingerprint density at radius 2 is 1.96 bits per heavy atom. The van der Waals surface area contributed by atoms with Gasteiger partial charge in [0.05, 0.1) is 19.1 Å². The van der Waals surface area contributed by atoms with Crippen molar-refractivity contribution in [2.24, 2.45) is 4.99 Å². The number of hydrogen-bond donors (Lipinski definition) is 1. The molecule has 1 rings (SSSR count). The summed E-state index contributed by atoms with van der Waals surface area (Å²) in [6, 6.07) is 2.91. The Kier molecular flexibility index (Phi) is 6.88. The summed E-state index contributed by atoms with van der Waals surface area (Å²) in [5, 5.41) is 10.5. The fourth-order valence-corrected chi connectivity index (χ4v) is 2.38. The molecule has 0 saturated heterocycles. The fourth-order valence-electron chi connectivity index (χ4n) is 2.38. The molecule has 4 nitrogen and oxygen atoms in total. The van der Waals surface area contributed by atoms with Gasteiger partial charge in [-0.05, 0) is 39.3 Å².